The lowest BCUT2D eigenvalue weighted by atomic mass is 9.65. The van der Waals surface area contributed by atoms with Crippen molar-refractivity contribution in [1.82, 2.24) is 0 Å². The zero-order valence-electron chi connectivity index (χ0n) is 12.8. The Kier molecular flexibility index (Phi) is 2.86. The summed E-state index contributed by atoms with van der Waals surface area (Å²) in [4.78, 5) is 2.34. The van der Waals surface area contributed by atoms with Crippen LogP contribution in [0.25, 0.3) is 0 Å². The number of methoxy groups -OCH3 is 1. The molecule has 4 nitrogen and oxygen atoms in total. The van der Waals surface area contributed by atoms with Crippen LogP contribution in [0.5, 0.6) is 11.5 Å². The van der Waals surface area contributed by atoms with Crippen LogP contribution in [0.3, 0.4) is 0 Å². The molecule has 2 unspecified atom stereocenters. The van der Waals surface area contributed by atoms with Crippen LogP contribution in [0.15, 0.2) is 12.1 Å². The molecule has 21 heavy (non-hydrogen) atoms. The summed E-state index contributed by atoms with van der Waals surface area (Å²) in [6.45, 7) is 1.08. The minimum atomic E-state index is -0.231. The topological polar surface area (TPSA) is 41.9 Å². The molecule has 0 aromatic heterocycles. The molecule has 114 valence electrons. The number of nitrogens with zero attached hydrogens (tertiary/aromatic N) is 1. The summed E-state index contributed by atoms with van der Waals surface area (Å²) in [7, 11) is 3.86. The van der Waals surface area contributed by atoms with Gasteiger partial charge in [-0.1, -0.05) is 0 Å². The summed E-state index contributed by atoms with van der Waals surface area (Å²) in [5.74, 6) is 1.75. The molecular formula is C17H23NO3. The number of aliphatic hydroxyl groups excluding tert-OH is 1. The number of hydrogen-bond donors (Lipinski definition) is 1. The maximum absolute atomic E-state index is 10.1. The van der Waals surface area contributed by atoms with Gasteiger partial charge in [-0.2, -0.15) is 0 Å². The molecule has 0 radical (unpaired) electrons. The normalized spacial score (nSPS) is 33.8. The van der Waals surface area contributed by atoms with Crippen LogP contribution < -0.4 is 14.4 Å². The lowest BCUT2D eigenvalue weighted by molar-refractivity contribution is 0.0136. The van der Waals surface area contributed by atoms with E-state index >= 15 is 0 Å². The summed E-state index contributed by atoms with van der Waals surface area (Å²) in [6, 6.07) is 4.18. The van der Waals surface area contributed by atoms with Gasteiger partial charge in [0.1, 0.15) is 6.10 Å². The molecule has 4 rings (SSSR count). The highest BCUT2D eigenvalue weighted by Crippen LogP contribution is 2.59. The molecular weight excluding hydrogens is 266 g/mol. The monoisotopic (exact) mass is 289 g/mol. The molecule has 1 aromatic carbocycles. The van der Waals surface area contributed by atoms with Crippen LogP contribution in [0.2, 0.25) is 0 Å². The summed E-state index contributed by atoms with van der Waals surface area (Å²) in [5, 5.41) is 10.1. The zero-order chi connectivity index (χ0) is 14.6. The minimum absolute atomic E-state index is 0.0726. The largest absolute Gasteiger partial charge is 0.493 e. The lowest BCUT2D eigenvalue weighted by Gasteiger charge is -2.39. The Morgan fingerprint density at radius 3 is 3.05 bits per heavy atom. The van der Waals surface area contributed by atoms with Gasteiger partial charge in [0.25, 0.3) is 0 Å². The van der Waals surface area contributed by atoms with Crippen molar-refractivity contribution in [3.63, 3.8) is 0 Å². The summed E-state index contributed by atoms with van der Waals surface area (Å²) < 4.78 is 11.8. The molecule has 1 aromatic rings. The first kappa shape index (κ1) is 13.3. The maximum Gasteiger partial charge on any atom is 0.167 e. The molecule has 3 atom stereocenters. The smallest absolute Gasteiger partial charge is 0.167 e. The number of aliphatic hydroxyl groups is 1. The van der Waals surface area contributed by atoms with Crippen molar-refractivity contribution in [3.8, 4) is 11.5 Å². The Bertz CT molecular complexity index is 573. The number of hydrogen-bond acceptors (Lipinski definition) is 4. The van der Waals surface area contributed by atoms with E-state index in [-0.39, 0.29) is 17.6 Å². The second kappa shape index (κ2) is 4.54. The molecule has 1 fully saturated rings. The standard InChI is InChI=1S/C17H23NO3/c1-18-9-3-7-17-8-6-11(19)10-14(17)21-16-13(20-2)5-4-12(18)15(16)17/h4-5,11,14,19H,3,6-10H2,1-2H3/t11-,14?,17?/m0/s1. The average Bonchev–Trinajstić information content (AvgIpc) is 2.73. The van der Waals surface area contributed by atoms with Crippen molar-refractivity contribution in [2.24, 2.45) is 0 Å². The van der Waals surface area contributed by atoms with Crippen LogP contribution in [0, 0.1) is 0 Å². The van der Waals surface area contributed by atoms with E-state index in [2.05, 4.69) is 18.0 Å². The molecule has 2 heterocycles. The van der Waals surface area contributed by atoms with Crippen LogP contribution >= 0.6 is 0 Å². The maximum atomic E-state index is 10.1. The third-order valence-corrected chi connectivity index (χ3v) is 5.63. The predicted molar refractivity (Wildman–Crippen MR) is 81.4 cm³/mol. The minimum Gasteiger partial charge on any atom is -0.493 e. The van der Waals surface area contributed by atoms with E-state index in [1.54, 1.807) is 7.11 Å². The van der Waals surface area contributed by atoms with Crippen molar-refractivity contribution >= 4 is 5.69 Å². The Balaban J connectivity index is 1.93. The Morgan fingerprint density at radius 2 is 2.24 bits per heavy atom. The Morgan fingerprint density at radius 1 is 1.38 bits per heavy atom. The molecule has 2 aliphatic heterocycles. The van der Waals surface area contributed by atoms with Crippen molar-refractivity contribution in [2.75, 3.05) is 25.6 Å². The van der Waals surface area contributed by atoms with E-state index in [1.807, 2.05) is 6.07 Å². The third kappa shape index (κ3) is 1.71. The number of benzene rings is 1. The summed E-state index contributed by atoms with van der Waals surface area (Å²) in [5.41, 5.74) is 2.68. The fourth-order valence-corrected chi connectivity index (χ4v) is 4.56. The average molecular weight is 289 g/mol. The Hall–Kier alpha value is -1.42. The van der Waals surface area contributed by atoms with Gasteiger partial charge in [0, 0.05) is 36.7 Å². The summed E-state index contributed by atoms with van der Waals surface area (Å²) >= 11 is 0. The van der Waals surface area contributed by atoms with Crippen LogP contribution in [0.4, 0.5) is 5.69 Å². The highest BCUT2D eigenvalue weighted by molar-refractivity contribution is 5.70. The van der Waals surface area contributed by atoms with Gasteiger partial charge >= 0.3 is 0 Å². The van der Waals surface area contributed by atoms with Gasteiger partial charge in [-0.3, -0.25) is 0 Å². The van der Waals surface area contributed by atoms with E-state index in [0.29, 0.717) is 0 Å². The first-order chi connectivity index (χ1) is 10.2. The highest BCUT2D eigenvalue weighted by atomic mass is 16.5. The fourth-order valence-electron chi connectivity index (χ4n) is 4.56. The Labute approximate surface area is 125 Å². The van der Waals surface area contributed by atoms with Crippen molar-refractivity contribution in [1.29, 1.82) is 0 Å². The molecule has 1 aliphatic carbocycles. The summed E-state index contributed by atoms with van der Waals surface area (Å²) in [6.07, 6.45) is 4.80. The van der Waals surface area contributed by atoms with Crippen molar-refractivity contribution < 1.29 is 14.6 Å². The second-order valence-corrected chi connectivity index (χ2v) is 6.71. The number of rotatable bonds is 1. The van der Waals surface area contributed by atoms with Gasteiger partial charge in [-0.05, 0) is 37.8 Å². The van der Waals surface area contributed by atoms with E-state index < -0.39 is 0 Å². The highest BCUT2D eigenvalue weighted by Gasteiger charge is 2.54. The lowest BCUT2D eigenvalue weighted by Crippen LogP contribution is -2.44. The van der Waals surface area contributed by atoms with Crippen LogP contribution in [-0.2, 0) is 5.41 Å². The van der Waals surface area contributed by atoms with Crippen LogP contribution in [-0.4, -0.2) is 38.0 Å². The van der Waals surface area contributed by atoms with Crippen molar-refractivity contribution in [3.05, 3.63) is 17.7 Å². The SMILES string of the molecule is COc1ccc2c3c1OC1C[C@@H](O)CCC31CCCN2C. The van der Waals surface area contributed by atoms with Gasteiger partial charge in [0.15, 0.2) is 11.5 Å². The van der Waals surface area contributed by atoms with E-state index in [9.17, 15) is 5.11 Å². The quantitative estimate of drug-likeness (QED) is 0.862. The van der Waals surface area contributed by atoms with E-state index in [1.165, 1.54) is 17.7 Å². The van der Waals surface area contributed by atoms with Gasteiger partial charge in [-0.15, -0.1) is 0 Å². The van der Waals surface area contributed by atoms with Gasteiger partial charge < -0.3 is 19.5 Å². The predicted octanol–water partition coefficient (Wildman–Crippen LogP) is 2.47. The molecule has 1 N–H and O–H groups in total. The van der Waals surface area contributed by atoms with E-state index in [0.717, 1.165) is 43.7 Å². The second-order valence-electron chi connectivity index (χ2n) is 6.71. The number of ether oxygens (including phenoxy) is 2. The molecule has 4 heteroatoms. The zero-order valence-corrected chi connectivity index (χ0v) is 12.8. The first-order valence-electron chi connectivity index (χ1n) is 7.93. The molecule has 0 saturated heterocycles. The van der Waals surface area contributed by atoms with Gasteiger partial charge in [-0.25, -0.2) is 0 Å². The number of anilines is 1. The molecule has 1 spiro atoms. The van der Waals surface area contributed by atoms with Gasteiger partial charge in [0.05, 0.1) is 13.2 Å². The van der Waals surface area contributed by atoms with E-state index in [4.69, 9.17) is 9.47 Å². The first-order valence-corrected chi connectivity index (χ1v) is 7.93. The molecule has 0 amide bonds. The molecule has 1 saturated carbocycles. The fraction of sp³-hybridized carbons (Fsp3) is 0.647. The van der Waals surface area contributed by atoms with Crippen molar-refractivity contribution in [2.45, 2.75) is 49.7 Å². The third-order valence-electron chi connectivity index (χ3n) is 5.63. The molecule has 0 bridgehead atoms. The molecule has 3 aliphatic rings. The van der Waals surface area contributed by atoms with Crippen LogP contribution in [0.1, 0.15) is 37.7 Å². The van der Waals surface area contributed by atoms with Gasteiger partial charge in [0.2, 0.25) is 0 Å².